The van der Waals surface area contributed by atoms with Gasteiger partial charge in [-0.05, 0) is 37.6 Å². The van der Waals surface area contributed by atoms with Gasteiger partial charge in [-0.1, -0.05) is 0 Å². The molecular weight excluding hydrogens is 258 g/mol. The molecule has 3 nitrogen and oxygen atoms in total. The molecule has 0 radical (unpaired) electrons. The lowest BCUT2D eigenvalue weighted by molar-refractivity contribution is 0.390. The van der Waals surface area contributed by atoms with Crippen molar-refractivity contribution in [3.63, 3.8) is 0 Å². The molecule has 1 aromatic carbocycles. The predicted octanol–water partition coefficient (Wildman–Crippen LogP) is 3.43. The van der Waals surface area contributed by atoms with Gasteiger partial charge in [0.2, 0.25) is 0 Å². The van der Waals surface area contributed by atoms with E-state index >= 15 is 0 Å². The molecule has 1 aromatic heterocycles. The van der Waals surface area contributed by atoms with Gasteiger partial charge in [-0.25, -0.2) is 0 Å². The second kappa shape index (κ2) is 5.63. The first-order valence-electron chi connectivity index (χ1n) is 6.11. The monoisotopic (exact) mass is 277 g/mol. The van der Waals surface area contributed by atoms with Crippen molar-refractivity contribution in [3.05, 3.63) is 45.1 Å². The molecule has 102 valence electrons. The number of nitrogens with two attached hydrogens (primary N) is 1. The van der Waals surface area contributed by atoms with Crippen LogP contribution in [-0.2, 0) is 0 Å². The third-order valence-electron chi connectivity index (χ3n) is 3.27. The molecule has 0 aliphatic carbocycles. The molecular formula is C15H19NO2S. The van der Waals surface area contributed by atoms with Crippen molar-refractivity contribution in [1.82, 2.24) is 0 Å². The van der Waals surface area contributed by atoms with E-state index in [1.807, 2.05) is 18.2 Å². The van der Waals surface area contributed by atoms with Crippen LogP contribution in [0.25, 0.3) is 0 Å². The molecule has 2 N–H and O–H groups in total. The Kier molecular flexibility index (Phi) is 4.12. The Morgan fingerprint density at radius 3 is 2.37 bits per heavy atom. The van der Waals surface area contributed by atoms with Gasteiger partial charge in [0.1, 0.15) is 11.5 Å². The predicted molar refractivity (Wildman–Crippen MR) is 79.4 cm³/mol. The minimum atomic E-state index is -0.168. The Morgan fingerprint density at radius 2 is 1.84 bits per heavy atom. The van der Waals surface area contributed by atoms with Gasteiger partial charge in [-0.15, -0.1) is 11.3 Å². The van der Waals surface area contributed by atoms with Crippen molar-refractivity contribution in [2.75, 3.05) is 14.2 Å². The molecule has 0 fully saturated rings. The van der Waals surface area contributed by atoms with E-state index in [1.54, 1.807) is 25.6 Å². The molecule has 1 unspecified atom stereocenters. The van der Waals surface area contributed by atoms with E-state index in [1.165, 1.54) is 10.4 Å². The maximum Gasteiger partial charge on any atom is 0.127 e. The summed E-state index contributed by atoms with van der Waals surface area (Å²) in [5.74, 6) is 1.53. The second-order valence-corrected chi connectivity index (χ2v) is 5.76. The number of hydrogen-bond acceptors (Lipinski definition) is 4. The molecule has 1 atom stereocenters. The Labute approximate surface area is 118 Å². The number of rotatable bonds is 4. The Bertz CT molecular complexity index is 558. The summed E-state index contributed by atoms with van der Waals surface area (Å²) in [6.07, 6.45) is 0. The normalized spacial score (nSPS) is 12.3. The first-order chi connectivity index (χ1) is 9.06. The minimum absolute atomic E-state index is 0.168. The highest BCUT2D eigenvalue weighted by molar-refractivity contribution is 7.12. The summed E-state index contributed by atoms with van der Waals surface area (Å²) in [6, 6.07) is 7.72. The fourth-order valence-electron chi connectivity index (χ4n) is 1.98. The minimum Gasteiger partial charge on any atom is -0.497 e. The Hall–Kier alpha value is -1.52. The molecule has 19 heavy (non-hydrogen) atoms. The molecule has 4 heteroatoms. The molecule has 0 spiro atoms. The van der Waals surface area contributed by atoms with Crippen LogP contribution in [0.3, 0.4) is 0 Å². The standard InChI is InChI=1S/C15H19NO2S/c1-9-7-14(19-10(9)2)15(16)12-6-5-11(17-3)8-13(12)18-4/h5-8,15H,16H2,1-4H3. The smallest absolute Gasteiger partial charge is 0.127 e. The van der Waals surface area contributed by atoms with Crippen molar-refractivity contribution < 1.29 is 9.47 Å². The van der Waals surface area contributed by atoms with E-state index in [-0.39, 0.29) is 6.04 Å². The Balaban J connectivity index is 2.40. The number of aryl methyl sites for hydroxylation is 2. The third-order valence-corrected chi connectivity index (χ3v) is 4.50. The zero-order valence-corrected chi connectivity index (χ0v) is 12.5. The number of thiophene rings is 1. The third kappa shape index (κ3) is 2.74. The first-order valence-corrected chi connectivity index (χ1v) is 6.93. The van der Waals surface area contributed by atoms with Crippen molar-refractivity contribution in [2.45, 2.75) is 19.9 Å². The lowest BCUT2D eigenvalue weighted by Gasteiger charge is -2.15. The molecule has 0 saturated carbocycles. The highest BCUT2D eigenvalue weighted by atomic mass is 32.1. The van der Waals surface area contributed by atoms with E-state index in [0.717, 1.165) is 21.9 Å². The van der Waals surface area contributed by atoms with Crippen LogP contribution in [0.5, 0.6) is 11.5 Å². The maximum atomic E-state index is 6.36. The summed E-state index contributed by atoms with van der Waals surface area (Å²) < 4.78 is 10.6. The van der Waals surface area contributed by atoms with E-state index in [2.05, 4.69) is 19.9 Å². The summed E-state index contributed by atoms with van der Waals surface area (Å²) in [5, 5.41) is 0. The van der Waals surface area contributed by atoms with Crippen molar-refractivity contribution in [1.29, 1.82) is 0 Å². The van der Waals surface area contributed by atoms with Gasteiger partial charge in [0.05, 0.1) is 20.3 Å². The summed E-state index contributed by atoms with van der Waals surface area (Å²) in [6.45, 7) is 4.22. The summed E-state index contributed by atoms with van der Waals surface area (Å²) in [5.41, 5.74) is 8.61. The molecule has 0 aliphatic rings. The quantitative estimate of drug-likeness (QED) is 0.931. The van der Waals surface area contributed by atoms with E-state index in [0.29, 0.717) is 0 Å². The van der Waals surface area contributed by atoms with Gasteiger partial charge in [-0.3, -0.25) is 0 Å². The maximum absolute atomic E-state index is 6.36. The SMILES string of the molecule is COc1ccc(C(N)c2cc(C)c(C)s2)c(OC)c1. The molecule has 0 aliphatic heterocycles. The molecule has 2 aromatic rings. The van der Waals surface area contributed by atoms with E-state index in [4.69, 9.17) is 15.2 Å². The molecule has 0 bridgehead atoms. The van der Waals surface area contributed by atoms with Gasteiger partial charge in [0.25, 0.3) is 0 Å². The van der Waals surface area contributed by atoms with Crippen LogP contribution in [0.1, 0.15) is 26.9 Å². The number of hydrogen-bond donors (Lipinski definition) is 1. The Morgan fingerprint density at radius 1 is 1.11 bits per heavy atom. The lowest BCUT2D eigenvalue weighted by atomic mass is 10.0. The van der Waals surface area contributed by atoms with Crippen LogP contribution < -0.4 is 15.2 Å². The average Bonchev–Trinajstić information content (AvgIpc) is 2.77. The molecule has 1 heterocycles. The topological polar surface area (TPSA) is 44.5 Å². The number of methoxy groups -OCH3 is 2. The summed E-state index contributed by atoms with van der Waals surface area (Å²) in [4.78, 5) is 2.45. The molecule has 0 saturated heterocycles. The van der Waals surface area contributed by atoms with Crippen LogP contribution in [0.2, 0.25) is 0 Å². The van der Waals surface area contributed by atoms with Crippen molar-refractivity contribution >= 4 is 11.3 Å². The van der Waals surface area contributed by atoms with Gasteiger partial charge in [0, 0.05) is 21.4 Å². The zero-order valence-electron chi connectivity index (χ0n) is 11.7. The van der Waals surface area contributed by atoms with E-state index < -0.39 is 0 Å². The highest BCUT2D eigenvalue weighted by Gasteiger charge is 2.17. The van der Waals surface area contributed by atoms with Gasteiger partial charge < -0.3 is 15.2 Å². The van der Waals surface area contributed by atoms with Crippen LogP contribution in [0.4, 0.5) is 0 Å². The second-order valence-electron chi connectivity index (χ2n) is 4.47. The van der Waals surface area contributed by atoms with Crippen LogP contribution in [-0.4, -0.2) is 14.2 Å². The van der Waals surface area contributed by atoms with Crippen molar-refractivity contribution in [3.8, 4) is 11.5 Å². The highest BCUT2D eigenvalue weighted by Crippen LogP contribution is 2.35. The fraction of sp³-hybridized carbons (Fsp3) is 0.333. The fourth-order valence-corrected chi connectivity index (χ4v) is 3.05. The number of ether oxygens (including phenoxy) is 2. The summed E-state index contributed by atoms with van der Waals surface area (Å²) >= 11 is 1.73. The summed E-state index contributed by atoms with van der Waals surface area (Å²) in [7, 11) is 3.29. The zero-order chi connectivity index (χ0) is 14.0. The average molecular weight is 277 g/mol. The van der Waals surface area contributed by atoms with E-state index in [9.17, 15) is 0 Å². The van der Waals surface area contributed by atoms with Gasteiger partial charge in [-0.2, -0.15) is 0 Å². The first kappa shape index (κ1) is 13.9. The molecule has 0 amide bonds. The van der Waals surface area contributed by atoms with Crippen LogP contribution in [0, 0.1) is 13.8 Å². The lowest BCUT2D eigenvalue weighted by Crippen LogP contribution is -2.11. The van der Waals surface area contributed by atoms with Crippen LogP contribution in [0.15, 0.2) is 24.3 Å². The number of benzene rings is 1. The van der Waals surface area contributed by atoms with Gasteiger partial charge >= 0.3 is 0 Å². The largest absolute Gasteiger partial charge is 0.497 e. The van der Waals surface area contributed by atoms with Gasteiger partial charge in [0.15, 0.2) is 0 Å². The molecule has 2 rings (SSSR count). The van der Waals surface area contributed by atoms with Crippen LogP contribution >= 0.6 is 11.3 Å². The van der Waals surface area contributed by atoms with Crippen molar-refractivity contribution in [2.24, 2.45) is 5.73 Å².